The molecule has 67 heavy (non-hydrogen) atoms. The monoisotopic (exact) mass is 963 g/mol. The zero-order valence-corrected chi connectivity index (χ0v) is 41.5. The second-order valence-electron chi connectivity index (χ2n) is 17.0. The summed E-state index contributed by atoms with van der Waals surface area (Å²) < 4.78 is 33.5. The molecule has 0 radical (unpaired) electrons. The number of carbonyl (C=O) groups is 2. The van der Waals surface area contributed by atoms with Crippen molar-refractivity contribution in [3.05, 3.63) is 97.2 Å². The lowest BCUT2D eigenvalue weighted by molar-refractivity contribution is -0.220. The molecule has 1 aliphatic carbocycles. The average Bonchev–Trinajstić information content (AvgIpc) is 3.31. The molecule has 0 aromatic heterocycles. The number of unbranched alkanes of at least 4 members (excludes halogenated alkanes) is 12. The van der Waals surface area contributed by atoms with Crippen LogP contribution < -0.4 is 0 Å². The first kappa shape index (κ1) is 61.8. The van der Waals surface area contributed by atoms with Crippen LogP contribution in [-0.4, -0.2) is 98.3 Å². The van der Waals surface area contributed by atoms with Crippen molar-refractivity contribution in [1.82, 2.24) is 0 Å². The Balaban J connectivity index is 2.52. The second-order valence-corrected chi connectivity index (χ2v) is 18.4. The zero-order chi connectivity index (χ0) is 49.2. The van der Waals surface area contributed by atoms with Crippen LogP contribution in [0.3, 0.4) is 0 Å². The van der Waals surface area contributed by atoms with Gasteiger partial charge in [0.2, 0.25) is 0 Å². The minimum absolute atomic E-state index is 0.00381. The number of esters is 2. The maximum Gasteiger partial charge on any atom is 0.472 e. The highest BCUT2D eigenvalue weighted by atomic mass is 31.2. The number of carbonyl (C=O) groups excluding carboxylic acids is 2. The Kier molecular flexibility index (Phi) is 38.5. The maximum absolute atomic E-state index is 12.8. The molecule has 0 amide bonds. The summed E-state index contributed by atoms with van der Waals surface area (Å²) >= 11 is 0. The van der Waals surface area contributed by atoms with Gasteiger partial charge in [-0.2, -0.15) is 0 Å². The molecule has 0 bridgehead atoms. The van der Waals surface area contributed by atoms with Gasteiger partial charge in [-0.1, -0.05) is 162 Å². The molecule has 0 aromatic carbocycles. The minimum atomic E-state index is -5.16. The Labute approximate surface area is 402 Å². The van der Waals surface area contributed by atoms with E-state index in [9.17, 15) is 44.6 Å². The van der Waals surface area contributed by atoms with Crippen molar-refractivity contribution in [1.29, 1.82) is 0 Å². The summed E-state index contributed by atoms with van der Waals surface area (Å²) in [4.78, 5) is 35.7. The summed E-state index contributed by atoms with van der Waals surface area (Å²) in [7, 11) is -5.16. The minimum Gasteiger partial charge on any atom is -0.462 e. The molecule has 13 nitrogen and oxygen atoms in total. The molecule has 0 spiro atoms. The predicted molar refractivity (Wildman–Crippen MR) is 267 cm³/mol. The van der Waals surface area contributed by atoms with Crippen LogP contribution in [0.1, 0.15) is 168 Å². The van der Waals surface area contributed by atoms with Gasteiger partial charge in [0, 0.05) is 12.8 Å². The van der Waals surface area contributed by atoms with Crippen LogP contribution in [0.15, 0.2) is 97.2 Å². The SMILES string of the molecule is CCCCC/C=C/C/C=C/C/C=C/C/C=C/CCCC(=O)OC[C@H](COP(=O)(O)OC1C(O)C(O)C(O)[C@@H](O)C1O)OC(=O)CCC/C=C/C/C=C/C/C=C/C/C=C/CCCCCCCCC. The Morgan fingerprint density at radius 3 is 1.25 bits per heavy atom. The number of phosphoric ester groups is 1. The summed E-state index contributed by atoms with van der Waals surface area (Å²) in [5, 5.41) is 50.2. The lowest BCUT2D eigenvalue weighted by atomic mass is 9.85. The first-order valence-corrected chi connectivity index (χ1v) is 26.5. The summed E-state index contributed by atoms with van der Waals surface area (Å²) in [6.07, 6.45) is 43.3. The Morgan fingerprint density at radius 2 is 0.806 bits per heavy atom. The Morgan fingerprint density at radius 1 is 0.463 bits per heavy atom. The zero-order valence-electron chi connectivity index (χ0n) is 40.7. The second kappa shape index (κ2) is 41.7. The van der Waals surface area contributed by atoms with E-state index < -0.39 is 75.7 Å². The van der Waals surface area contributed by atoms with Crippen LogP contribution in [0.4, 0.5) is 0 Å². The highest BCUT2D eigenvalue weighted by Crippen LogP contribution is 2.47. The number of phosphoric acid groups is 1. The summed E-state index contributed by atoms with van der Waals surface area (Å²) in [5.41, 5.74) is 0. The van der Waals surface area contributed by atoms with Gasteiger partial charge in [0.1, 0.15) is 43.2 Å². The molecule has 6 unspecified atom stereocenters. The summed E-state index contributed by atoms with van der Waals surface area (Å²) in [6.45, 7) is 3.17. The Bertz CT molecular complexity index is 1530. The topological polar surface area (TPSA) is 210 Å². The molecular weight excluding hydrogens is 876 g/mol. The number of aliphatic hydroxyl groups is 5. The fourth-order valence-electron chi connectivity index (χ4n) is 6.86. The number of aliphatic hydroxyl groups excluding tert-OH is 5. The molecule has 1 saturated carbocycles. The van der Waals surface area contributed by atoms with Crippen LogP contribution in [0.25, 0.3) is 0 Å². The van der Waals surface area contributed by atoms with Gasteiger partial charge in [0.15, 0.2) is 6.10 Å². The first-order chi connectivity index (χ1) is 32.4. The third-order valence-corrected chi connectivity index (χ3v) is 11.9. The van der Waals surface area contributed by atoms with E-state index in [0.29, 0.717) is 25.7 Å². The molecule has 0 aromatic rings. The average molecular weight is 963 g/mol. The van der Waals surface area contributed by atoms with E-state index in [1.165, 1.54) is 64.2 Å². The van der Waals surface area contributed by atoms with E-state index in [1.807, 2.05) is 24.3 Å². The third kappa shape index (κ3) is 33.8. The molecule has 14 heteroatoms. The number of ether oxygens (including phenoxy) is 2. The third-order valence-electron chi connectivity index (χ3n) is 10.9. The number of rotatable bonds is 40. The molecule has 6 N–H and O–H groups in total. The van der Waals surface area contributed by atoms with E-state index in [2.05, 4.69) is 86.8 Å². The molecule has 1 aliphatic rings. The lowest BCUT2D eigenvalue weighted by Crippen LogP contribution is -2.64. The smallest absolute Gasteiger partial charge is 0.462 e. The van der Waals surface area contributed by atoms with Gasteiger partial charge in [-0.3, -0.25) is 18.6 Å². The molecule has 0 heterocycles. The van der Waals surface area contributed by atoms with Gasteiger partial charge in [0.05, 0.1) is 6.61 Å². The fraction of sp³-hybridized carbons (Fsp3) is 0.660. The number of allylic oxidation sites excluding steroid dienone is 16. The van der Waals surface area contributed by atoms with Crippen LogP contribution in [-0.2, 0) is 32.7 Å². The molecule has 8 atom stereocenters. The quantitative estimate of drug-likeness (QED) is 0.0146. The van der Waals surface area contributed by atoms with E-state index in [1.54, 1.807) is 0 Å². The van der Waals surface area contributed by atoms with Gasteiger partial charge in [-0.15, -0.1) is 0 Å². The van der Waals surface area contributed by atoms with Crippen molar-refractivity contribution in [2.75, 3.05) is 13.2 Å². The number of hydrogen-bond donors (Lipinski definition) is 6. The molecule has 0 aliphatic heterocycles. The Hall–Kier alpha value is -3.23. The van der Waals surface area contributed by atoms with Gasteiger partial charge in [-0.05, 0) is 89.9 Å². The molecule has 1 fully saturated rings. The van der Waals surface area contributed by atoms with Crippen molar-refractivity contribution >= 4 is 19.8 Å². The van der Waals surface area contributed by atoms with Gasteiger partial charge in [0.25, 0.3) is 0 Å². The van der Waals surface area contributed by atoms with Gasteiger partial charge < -0.3 is 39.9 Å². The molecular formula is C53H87O13P. The number of hydrogen-bond acceptors (Lipinski definition) is 12. The van der Waals surface area contributed by atoms with E-state index in [-0.39, 0.29) is 12.8 Å². The lowest BCUT2D eigenvalue weighted by Gasteiger charge is -2.41. The molecule has 0 saturated heterocycles. The molecule has 1 rings (SSSR count). The van der Waals surface area contributed by atoms with Gasteiger partial charge in [-0.25, -0.2) is 4.57 Å². The standard InChI is InChI=1S/C53H87O13P/c1-3-5-7-9-11-13-15-17-19-21-22-23-24-26-28-30-32-34-36-38-40-42-47(55)65-45(44-64-67(61,62)66-53-51(59)49(57)48(56)50(58)52(53)60)43-63-46(54)41-39-37-35-33-31-29-27-25-20-18-16-14-12-10-8-6-4-2/h12,14,18-21,23-24,27-30,33-36,45,48-53,56-60H,3-11,13,15-17,22,25-26,31-32,37-44H2,1-2H3,(H,61,62)/b14-12+,20-18+,21-19+,24-23+,29-27+,30-28+,35-33+,36-34+/t45-,48?,49-,50?,51?,52?,53?/m1/s1. The van der Waals surface area contributed by atoms with E-state index in [4.69, 9.17) is 18.5 Å². The van der Waals surface area contributed by atoms with Crippen molar-refractivity contribution in [3.63, 3.8) is 0 Å². The van der Waals surface area contributed by atoms with Crippen LogP contribution >= 0.6 is 7.82 Å². The van der Waals surface area contributed by atoms with Crippen molar-refractivity contribution < 1.29 is 63.1 Å². The van der Waals surface area contributed by atoms with Crippen molar-refractivity contribution in [2.45, 2.75) is 211 Å². The van der Waals surface area contributed by atoms with Crippen molar-refractivity contribution in [3.8, 4) is 0 Å². The van der Waals surface area contributed by atoms with E-state index in [0.717, 1.165) is 51.4 Å². The van der Waals surface area contributed by atoms with Crippen LogP contribution in [0, 0.1) is 0 Å². The summed E-state index contributed by atoms with van der Waals surface area (Å²) in [5.74, 6) is -1.24. The normalized spacial score (nSPS) is 22.0. The fourth-order valence-corrected chi connectivity index (χ4v) is 7.83. The van der Waals surface area contributed by atoms with E-state index >= 15 is 0 Å². The predicted octanol–water partition coefficient (Wildman–Crippen LogP) is 10.6. The van der Waals surface area contributed by atoms with Crippen LogP contribution in [0.2, 0.25) is 0 Å². The first-order valence-electron chi connectivity index (χ1n) is 25.0. The maximum atomic E-state index is 12.8. The highest BCUT2D eigenvalue weighted by Gasteiger charge is 2.51. The van der Waals surface area contributed by atoms with Crippen LogP contribution in [0.5, 0.6) is 0 Å². The highest BCUT2D eigenvalue weighted by molar-refractivity contribution is 7.47. The summed E-state index contributed by atoms with van der Waals surface area (Å²) in [6, 6.07) is 0. The van der Waals surface area contributed by atoms with Gasteiger partial charge >= 0.3 is 19.8 Å². The molecule has 382 valence electrons. The van der Waals surface area contributed by atoms with Crippen molar-refractivity contribution in [2.24, 2.45) is 0 Å². The largest absolute Gasteiger partial charge is 0.472 e.